The number of amides is 4. The number of hydrogen-bond acceptors (Lipinski definition) is 4. The second-order valence-electron chi connectivity index (χ2n) is 4.40. The number of rotatable bonds is 3. The van der Waals surface area contributed by atoms with E-state index in [0.29, 0.717) is 0 Å². The fourth-order valence-electron chi connectivity index (χ4n) is 2.16. The molecule has 0 saturated carbocycles. The standard InChI is InChI=1S/C9H14N4O4/c1-3(2)4(7(14)15)13-6-5(11-9(13)17)10-8(16)12-6/h3-6H,1-2H3,(H,11,17)(H,14,15)(H2,10,12,16)/p-1/t4-,5+,6+/m1/s1. The van der Waals surface area contributed by atoms with Gasteiger partial charge in [-0.2, -0.15) is 0 Å². The van der Waals surface area contributed by atoms with Crippen LogP contribution in [0.5, 0.6) is 0 Å². The molecule has 8 heteroatoms. The number of carboxylic acid groups (broad SMARTS) is 1. The molecule has 0 aromatic rings. The second-order valence-corrected chi connectivity index (χ2v) is 4.40. The summed E-state index contributed by atoms with van der Waals surface area (Å²) in [6.07, 6.45) is -1.30. The van der Waals surface area contributed by atoms with Crippen LogP contribution in [-0.4, -0.2) is 41.3 Å². The monoisotopic (exact) mass is 241 g/mol. The van der Waals surface area contributed by atoms with Gasteiger partial charge < -0.3 is 25.9 Å². The lowest BCUT2D eigenvalue weighted by molar-refractivity contribution is -0.312. The first kappa shape index (κ1) is 11.5. The van der Waals surface area contributed by atoms with Gasteiger partial charge in [-0.3, -0.25) is 4.90 Å². The van der Waals surface area contributed by atoms with E-state index in [4.69, 9.17) is 0 Å². The summed E-state index contributed by atoms with van der Waals surface area (Å²) >= 11 is 0. The molecule has 2 aliphatic heterocycles. The molecule has 3 atom stereocenters. The normalized spacial score (nSPS) is 28.5. The van der Waals surface area contributed by atoms with Crippen molar-refractivity contribution in [3.63, 3.8) is 0 Å². The van der Waals surface area contributed by atoms with E-state index in [9.17, 15) is 19.5 Å². The topological polar surface area (TPSA) is 114 Å². The van der Waals surface area contributed by atoms with Crippen LogP contribution in [0.1, 0.15) is 13.8 Å². The molecular formula is C9H13N4O4-. The minimum Gasteiger partial charge on any atom is -0.548 e. The lowest BCUT2D eigenvalue weighted by Gasteiger charge is -2.34. The first-order valence-corrected chi connectivity index (χ1v) is 5.28. The molecule has 2 saturated heterocycles. The number of carbonyl (C=O) groups is 3. The first-order valence-electron chi connectivity index (χ1n) is 5.28. The van der Waals surface area contributed by atoms with Gasteiger partial charge in [0.2, 0.25) is 0 Å². The van der Waals surface area contributed by atoms with Crippen LogP contribution >= 0.6 is 0 Å². The Labute approximate surface area is 97.3 Å². The van der Waals surface area contributed by atoms with E-state index in [1.807, 2.05) is 0 Å². The highest BCUT2D eigenvalue weighted by atomic mass is 16.4. The van der Waals surface area contributed by atoms with Gasteiger partial charge in [-0.25, -0.2) is 9.59 Å². The molecule has 4 amide bonds. The molecule has 8 nitrogen and oxygen atoms in total. The Balaban J connectivity index is 2.26. The van der Waals surface area contributed by atoms with Gasteiger partial charge in [0.05, 0.1) is 12.0 Å². The van der Waals surface area contributed by atoms with Gasteiger partial charge in [0, 0.05) is 0 Å². The summed E-state index contributed by atoms with van der Waals surface area (Å²) in [4.78, 5) is 35.0. The summed E-state index contributed by atoms with van der Waals surface area (Å²) < 4.78 is 0. The summed E-state index contributed by atoms with van der Waals surface area (Å²) in [6, 6.07) is -2.05. The Morgan fingerprint density at radius 1 is 1.29 bits per heavy atom. The van der Waals surface area contributed by atoms with Gasteiger partial charge in [-0.15, -0.1) is 0 Å². The maximum atomic E-state index is 11.7. The van der Waals surface area contributed by atoms with Crippen LogP contribution in [0.25, 0.3) is 0 Å². The minimum atomic E-state index is -1.34. The fraction of sp³-hybridized carbons (Fsp3) is 0.667. The minimum absolute atomic E-state index is 0.318. The van der Waals surface area contributed by atoms with Crippen LogP contribution in [0, 0.1) is 5.92 Å². The van der Waals surface area contributed by atoms with Gasteiger partial charge in [0.15, 0.2) is 0 Å². The highest BCUT2D eigenvalue weighted by Gasteiger charge is 2.49. The van der Waals surface area contributed by atoms with Crippen molar-refractivity contribution in [2.24, 2.45) is 5.92 Å². The van der Waals surface area contributed by atoms with E-state index in [-0.39, 0.29) is 5.92 Å². The molecule has 2 heterocycles. The maximum absolute atomic E-state index is 11.7. The first-order chi connectivity index (χ1) is 7.91. The molecule has 2 fully saturated rings. The fourth-order valence-corrected chi connectivity index (χ4v) is 2.16. The van der Waals surface area contributed by atoms with Gasteiger partial charge in [-0.1, -0.05) is 13.8 Å². The largest absolute Gasteiger partial charge is 0.548 e. The molecule has 0 aliphatic carbocycles. The number of hydrogen-bond donors (Lipinski definition) is 3. The van der Waals surface area contributed by atoms with E-state index >= 15 is 0 Å². The molecule has 0 aromatic heterocycles. The summed E-state index contributed by atoms with van der Waals surface area (Å²) in [5.41, 5.74) is 0. The maximum Gasteiger partial charge on any atom is 0.321 e. The van der Waals surface area contributed by atoms with Gasteiger partial charge in [0.1, 0.15) is 12.3 Å². The quantitative estimate of drug-likeness (QED) is 0.518. The Kier molecular flexibility index (Phi) is 2.56. The van der Waals surface area contributed by atoms with E-state index in [1.165, 1.54) is 0 Å². The SMILES string of the molecule is CC(C)[C@H](C(=O)[O-])N1C(=O)N[C@@H]2NC(=O)N[C@H]21. The zero-order chi connectivity index (χ0) is 12.7. The second kappa shape index (κ2) is 3.79. The number of nitrogens with one attached hydrogen (secondary N) is 3. The third kappa shape index (κ3) is 1.75. The van der Waals surface area contributed by atoms with Gasteiger partial charge in [0.25, 0.3) is 0 Å². The zero-order valence-corrected chi connectivity index (χ0v) is 9.39. The summed E-state index contributed by atoms with van der Waals surface area (Å²) in [7, 11) is 0. The molecule has 3 N–H and O–H groups in total. The summed E-state index contributed by atoms with van der Waals surface area (Å²) in [5.74, 6) is -1.65. The van der Waals surface area contributed by atoms with E-state index in [0.717, 1.165) is 4.90 Å². The number of carbonyl (C=O) groups excluding carboxylic acids is 3. The third-order valence-electron chi connectivity index (χ3n) is 2.87. The third-order valence-corrected chi connectivity index (χ3v) is 2.87. The number of carboxylic acids is 1. The van der Waals surface area contributed by atoms with Crippen LogP contribution in [0.15, 0.2) is 0 Å². The number of nitrogens with zero attached hydrogens (tertiary/aromatic N) is 1. The highest BCUT2D eigenvalue weighted by Crippen LogP contribution is 2.21. The molecule has 0 unspecified atom stereocenters. The van der Waals surface area contributed by atoms with Gasteiger partial charge in [-0.05, 0) is 5.92 Å². The van der Waals surface area contributed by atoms with Gasteiger partial charge >= 0.3 is 12.1 Å². The zero-order valence-electron chi connectivity index (χ0n) is 9.39. The lowest BCUT2D eigenvalue weighted by atomic mass is 10.0. The van der Waals surface area contributed by atoms with Crippen molar-refractivity contribution in [3.05, 3.63) is 0 Å². The Morgan fingerprint density at radius 2 is 1.94 bits per heavy atom. The van der Waals surface area contributed by atoms with Crippen LogP contribution in [0.4, 0.5) is 9.59 Å². The van der Waals surface area contributed by atoms with Crippen LogP contribution in [-0.2, 0) is 4.79 Å². The molecule has 0 spiro atoms. The summed E-state index contributed by atoms with van der Waals surface area (Å²) in [5, 5.41) is 18.5. The van der Waals surface area contributed by atoms with E-state index in [1.54, 1.807) is 13.8 Å². The number of fused-ring (bicyclic) bond motifs is 1. The van der Waals surface area contributed by atoms with Crippen molar-refractivity contribution in [2.75, 3.05) is 0 Å². The Morgan fingerprint density at radius 3 is 2.47 bits per heavy atom. The molecule has 17 heavy (non-hydrogen) atoms. The predicted molar refractivity (Wildman–Crippen MR) is 53.2 cm³/mol. The average molecular weight is 241 g/mol. The van der Waals surface area contributed by atoms with Crippen LogP contribution < -0.4 is 21.1 Å². The Hall–Kier alpha value is -1.99. The number of aliphatic carboxylic acids is 1. The molecule has 0 aromatic carbocycles. The smallest absolute Gasteiger partial charge is 0.321 e. The highest BCUT2D eigenvalue weighted by molar-refractivity contribution is 5.88. The summed E-state index contributed by atoms with van der Waals surface area (Å²) in [6.45, 7) is 3.34. The number of urea groups is 2. The van der Waals surface area contributed by atoms with Crippen molar-refractivity contribution >= 4 is 18.0 Å². The molecule has 94 valence electrons. The van der Waals surface area contributed by atoms with E-state index < -0.39 is 36.4 Å². The Bertz CT molecular complexity index is 383. The predicted octanol–water partition coefficient (Wildman–Crippen LogP) is -2.25. The average Bonchev–Trinajstić information content (AvgIpc) is 2.64. The van der Waals surface area contributed by atoms with Crippen LogP contribution in [0.3, 0.4) is 0 Å². The van der Waals surface area contributed by atoms with Crippen LogP contribution in [0.2, 0.25) is 0 Å². The van der Waals surface area contributed by atoms with Crippen molar-refractivity contribution in [1.82, 2.24) is 20.9 Å². The molecule has 0 radical (unpaired) electrons. The lowest BCUT2D eigenvalue weighted by Crippen LogP contribution is -2.57. The molecule has 2 rings (SSSR count). The molecule has 0 bridgehead atoms. The van der Waals surface area contributed by atoms with Crippen molar-refractivity contribution in [3.8, 4) is 0 Å². The van der Waals surface area contributed by atoms with Crippen molar-refractivity contribution in [2.45, 2.75) is 32.2 Å². The molecule has 2 aliphatic rings. The van der Waals surface area contributed by atoms with E-state index in [2.05, 4.69) is 16.0 Å². The van der Waals surface area contributed by atoms with Crippen molar-refractivity contribution in [1.29, 1.82) is 0 Å². The van der Waals surface area contributed by atoms with Crippen molar-refractivity contribution < 1.29 is 19.5 Å². The molecular weight excluding hydrogens is 228 g/mol.